The van der Waals surface area contributed by atoms with Crippen LogP contribution in [0.3, 0.4) is 0 Å². The van der Waals surface area contributed by atoms with Gasteiger partial charge in [-0.05, 0) is 31.7 Å². The third-order valence-corrected chi connectivity index (χ3v) is 3.22. The molecule has 1 aromatic heterocycles. The maximum absolute atomic E-state index is 11.6. The first-order chi connectivity index (χ1) is 9.20. The number of hydrogen-bond acceptors (Lipinski definition) is 6. The number of rotatable bonds is 4. The van der Waals surface area contributed by atoms with Gasteiger partial charge in [-0.1, -0.05) is 0 Å². The zero-order chi connectivity index (χ0) is 13.7. The Balaban J connectivity index is 2.05. The Morgan fingerprint density at radius 3 is 2.89 bits per heavy atom. The fourth-order valence-corrected chi connectivity index (χ4v) is 2.08. The molecule has 1 saturated heterocycles. The van der Waals surface area contributed by atoms with Crippen LogP contribution in [0.2, 0.25) is 0 Å². The Morgan fingerprint density at radius 2 is 2.21 bits per heavy atom. The van der Waals surface area contributed by atoms with Crippen molar-refractivity contribution in [3.8, 4) is 0 Å². The molecule has 19 heavy (non-hydrogen) atoms. The van der Waals surface area contributed by atoms with E-state index in [1.165, 1.54) is 7.11 Å². The van der Waals surface area contributed by atoms with E-state index in [4.69, 9.17) is 9.47 Å². The smallest absolute Gasteiger partial charge is 0.360 e. The van der Waals surface area contributed by atoms with E-state index in [1.54, 1.807) is 0 Å². The van der Waals surface area contributed by atoms with E-state index >= 15 is 0 Å². The number of ether oxygens (including phenoxy) is 2. The molecule has 2 rings (SSSR count). The summed E-state index contributed by atoms with van der Waals surface area (Å²) < 4.78 is 10.0. The van der Waals surface area contributed by atoms with Gasteiger partial charge >= 0.3 is 5.97 Å². The summed E-state index contributed by atoms with van der Waals surface area (Å²) in [5, 5.41) is 11.1. The third-order valence-electron chi connectivity index (χ3n) is 3.22. The van der Waals surface area contributed by atoms with Gasteiger partial charge in [0, 0.05) is 19.8 Å². The molecule has 0 aromatic carbocycles. The van der Waals surface area contributed by atoms with Crippen molar-refractivity contribution in [2.75, 3.05) is 32.2 Å². The average Bonchev–Trinajstić information content (AvgIpc) is 2.45. The van der Waals surface area contributed by atoms with Gasteiger partial charge in [-0.15, -0.1) is 5.10 Å². The number of carbonyl (C=O) groups excluding carboxylic acids is 1. The fraction of sp³-hybridized carbons (Fsp3) is 0.615. The van der Waals surface area contributed by atoms with Gasteiger partial charge in [0.15, 0.2) is 5.69 Å². The Hall–Kier alpha value is -1.69. The van der Waals surface area contributed by atoms with Crippen molar-refractivity contribution in [2.45, 2.75) is 19.8 Å². The summed E-state index contributed by atoms with van der Waals surface area (Å²) in [7, 11) is 1.34. The first-order valence-electron chi connectivity index (χ1n) is 6.45. The lowest BCUT2D eigenvalue weighted by Crippen LogP contribution is -2.23. The van der Waals surface area contributed by atoms with Gasteiger partial charge in [-0.3, -0.25) is 0 Å². The van der Waals surface area contributed by atoms with Gasteiger partial charge in [-0.25, -0.2) is 4.79 Å². The minimum atomic E-state index is -0.470. The molecule has 2 heterocycles. The second kappa shape index (κ2) is 6.47. The van der Waals surface area contributed by atoms with Gasteiger partial charge in [0.1, 0.15) is 0 Å². The topological polar surface area (TPSA) is 73.3 Å². The van der Waals surface area contributed by atoms with Gasteiger partial charge in [-0.2, -0.15) is 5.10 Å². The summed E-state index contributed by atoms with van der Waals surface area (Å²) in [5.41, 5.74) is 1.69. The molecule has 0 amide bonds. The number of esters is 1. The molecule has 1 aliphatic rings. The highest BCUT2D eigenvalue weighted by molar-refractivity contribution is 5.93. The zero-order valence-electron chi connectivity index (χ0n) is 11.3. The molecule has 0 spiro atoms. The van der Waals surface area contributed by atoms with Crippen LogP contribution in [0.5, 0.6) is 0 Å². The highest BCUT2D eigenvalue weighted by atomic mass is 16.5. The van der Waals surface area contributed by atoms with Gasteiger partial charge in [0.25, 0.3) is 0 Å². The van der Waals surface area contributed by atoms with Crippen molar-refractivity contribution in [3.63, 3.8) is 0 Å². The van der Waals surface area contributed by atoms with Crippen molar-refractivity contribution in [1.82, 2.24) is 10.2 Å². The SMILES string of the molecule is COC(=O)c1nnc(C)cc1NCC1CCOCC1. The molecule has 1 aliphatic heterocycles. The van der Waals surface area contributed by atoms with E-state index in [9.17, 15) is 4.79 Å². The maximum Gasteiger partial charge on any atom is 0.360 e. The van der Waals surface area contributed by atoms with Gasteiger partial charge in [0.05, 0.1) is 18.5 Å². The van der Waals surface area contributed by atoms with Crippen LogP contribution in [0.1, 0.15) is 29.0 Å². The van der Waals surface area contributed by atoms with E-state index in [-0.39, 0.29) is 5.69 Å². The maximum atomic E-state index is 11.6. The molecule has 1 N–H and O–H groups in total. The first-order valence-corrected chi connectivity index (χ1v) is 6.45. The number of nitrogens with one attached hydrogen (secondary N) is 1. The van der Waals surface area contributed by atoms with Crippen molar-refractivity contribution in [3.05, 3.63) is 17.5 Å². The predicted molar refractivity (Wildman–Crippen MR) is 70.1 cm³/mol. The van der Waals surface area contributed by atoms with Gasteiger partial charge < -0.3 is 14.8 Å². The average molecular weight is 265 g/mol. The fourth-order valence-electron chi connectivity index (χ4n) is 2.08. The summed E-state index contributed by atoms with van der Waals surface area (Å²) in [6, 6.07) is 1.82. The molecular formula is C13H19N3O3. The van der Waals surface area contributed by atoms with Crippen LogP contribution in [-0.2, 0) is 9.47 Å². The highest BCUT2D eigenvalue weighted by Crippen LogP contribution is 2.18. The molecule has 0 unspecified atom stereocenters. The predicted octanol–water partition coefficient (Wildman–Crippen LogP) is 1.41. The number of aromatic nitrogens is 2. The van der Waals surface area contributed by atoms with E-state index in [0.29, 0.717) is 11.6 Å². The van der Waals surface area contributed by atoms with Crippen LogP contribution in [0, 0.1) is 12.8 Å². The quantitative estimate of drug-likeness (QED) is 0.830. The summed E-state index contributed by atoms with van der Waals surface area (Å²) in [4.78, 5) is 11.6. The largest absolute Gasteiger partial charge is 0.464 e. The van der Waals surface area contributed by atoms with Crippen LogP contribution in [0.4, 0.5) is 5.69 Å². The molecule has 104 valence electrons. The third kappa shape index (κ3) is 3.64. The van der Waals surface area contributed by atoms with Crippen LogP contribution >= 0.6 is 0 Å². The molecule has 6 nitrogen and oxygen atoms in total. The molecule has 0 atom stereocenters. The molecule has 0 saturated carbocycles. The second-order valence-electron chi connectivity index (χ2n) is 4.68. The number of methoxy groups -OCH3 is 1. The zero-order valence-corrected chi connectivity index (χ0v) is 11.3. The number of nitrogens with zero attached hydrogens (tertiary/aromatic N) is 2. The molecule has 6 heteroatoms. The number of hydrogen-bond donors (Lipinski definition) is 1. The van der Waals surface area contributed by atoms with Crippen molar-refractivity contribution in [2.24, 2.45) is 5.92 Å². The van der Waals surface area contributed by atoms with Crippen LogP contribution < -0.4 is 5.32 Å². The summed E-state index contributed by atoms with van der Waals surface area (Å²) >= 11 is 0. The van der Waals surface area contributed by atoms with Crippen molar-refractivity contribution < 1.29 is 14.3 Å². The van der Waals surface area contributed by atoms with Crippen LogP contribution in [-0.4, -0.2) is 43.0 Å². The molecular weight excluding hydrogens is 246 g/mol. The van der Waals surface area contributed by atoms with E-state index in [2.05, 4.69) is 15.5 Å². The summed E-state index contributed by atoms with van der Waals surface area (Å²) in [6.07, 6.45) is 2.08. The standard InChI is InChI=1S/C13H19N3O3/c1-9-7-11(12(16-15-9)13(17)18-2)14-8-10-3-5-19-6-4-10/h7,10H,3-6,8H2,1-2H3,(H,14,15). The lowest BCUT2D eigenvalue weighted by Gasteiger charge is -2.23. The highest BCUT2D eigenvalue weighted by Gasteiger charge is 2.18. The number of anilines is 1. The van der Waals surface area contributed by atoms with Crippen LogP contribution in [0.25, 0.3) is 0 Å². The lowest BCUT2D eigenvalue weighted by atomic mass is 10.0. The Bertz CT molecular complexity index is 445. The minimum Gasteiger partial charge on any atom is -0.464 e. The Labute approximate surface area is 112 Å². The lowest BCUT2D eigenvalue weighted by molar-refractivity contribution is 0.0593. The minimum absolute atomic E-state index is 0.236. The molecule has 0 radical (unpaired) electrons. The number of aryl methyl sites for hydroxylation is 1. The Morgan fingerprint density at radius 1 is 1.47 bits per heavy atom. The normalized spacial score (nSPS) is 16.1. The first kappa shape index (κ1) is 13.7. The van der Waals surface area contributed by atoms with E-state index in [0.717, 1.165) is 38.3 Å². The Kier molecular flexibility index (Phi) is 4.68. The summed E-state index contributed by atoms with van der Waals surface area (Å²) in [5.74, 6) is 0.0923. The van der Waals surface area contributed by atoms with Crippen molar-refractivity contribution in [1.29, 1.82) is 0 Å². The van der Waals surface area contributed by atoms with E-state index in [1.807, 2.05) is 13.0 Å². The van der Waals surface area contributed by atoms with Crippen molar-refractivity contribution >= 4 is 11.7 Å². The monoisotopic (exact) mass is 265 g/mol. The summed E-state index contributed by atoms with van der Waals surface area (Å²) in [6.45, 7) is 4.26. The molecule has 0 bridgehead atoms. The van der Waals surface area contributed by atoms with Crippen LogP contribution in [0.15, 0.2) is 6.07 Å². The molecule has 1 fully saturated rings. The van der Waals surface area contributed by atoms with E-state index < -0.39 is 5.97 Å². The second-order valence-corrected chi connectivity index (χ2v) is 4.68. The molecule has 1 aromatic rings. The number of carbonyl (C=O) groups is 1. The molecule has 0 aliphatic carbocycles. The van der Waals surface area contributed by atoms with Gasteiger partial charge in [0.2, 0.25) is 0 Å².